The van der Waals surface area contributed by atoms with E-state index in [0.717, 1.165) is 56.2 Å². The summed E-state index contributed by atoms with van der Waals surface area (Å²) in [6.07, 6.45) is 28.1. The molecule has 3 saturated carbocycles. The highest BCUT2D eigenvalue weighted by atomic mass is 16.2. The Kier molecular flexibility index (Phi) is 15.6. The lowest BCUT2D eigenvalue weighted by Crippen LogP contribution is -2.58. The Morgan fingerprint density at radius 1 is 1.07 bits per heavy atom. The molecular formula is C40H71BN2O. The Bertz CT molecular complexity index is 968. The molecule has 4 fully saturated rings. The average molecular weight is 607 g/mol. The molecule has 1 saturated heterocycles. The summed E-state index contributed by atoms with van der Waals surface area (Å²) in [4.78, 5) is 15.3. The lowest BCUT2D eigenvalue weighted by molar-refractivity contribution is -0.142. The second-order valence-corrected chi connectivity index (χ2v) is 16.6. The van der Waals surface area contributed by atoms with Crippen molar-refractivity contribution in [2.45, 2.75) is 164 Å². The van der Waals surface area contributed by atoms with E-state index in [4.69, 9.17) is 0 Å². The first-order chi connectivity index (χ1) is 20.7. The number of piperidine rings is 1. The van der Waals surface area contributed by atoms with Crippen molar-refractivity contribution < 1.29 is 4.79 Å². The van der Waals surface area contributed by atoms with Gasteiger partial charge in [-0.3, -0.25) is 4.79 Å². The zero-order valence-electron chi connectivity index (χ0n) is 30.8. The molecule has 3 nitrogen and oxygen atoms in total. The van der Waals surface area contributed by atoms with Gasteiger partial charge in [0.2, 0.25) is 5.91 Å². The number of unbranched alkanes of at least 4 members (excludes halogenated alkanes) is 1. The van der Waals surface area contributed by atoms with E-state index in [9.17, 15) is 4.79 Å². The monoisotopic (exact) mass is 607 g/mol. The zero-order chi connectivity index (χ0) is 33.0. The molecule has 0 spiro atoms. The number of allylic oxidation sites excluding steroid dienone is 6. The topological polar surface area (TPSA) is 32.3 Å². The van der Waals surface area contributed by atoms with Crippen molar-refractivity contribution in [2.24, 2.45) is 28.1 Å². The Morgan fingerprint density at radius 2 is 1.75 bits per heavy atom. The fourth-order valence-electron chi connectivity index (χ4n) is 8.32. The molecule has 2 bridgehead atoms. The van der Waals surface area contributed by atoms with E-state index in [0.29, 0.717) is 41.9 Å². The molecule has 4 unspecified atom stereocenters. The van der Waals surface area contributed by atoms with Crippen molar-refractivity contribution >= 4 is 12.6 Å². The van der Waals surface area contributed by atoms with Crippen LogP contribution in [0.3, 0.4) is 0 Å². The van der Waals surface area contributed by atoms with Crippen LogP contribution in [0.5, 0.6) is 0 Å². The lowest BCUT2D eigenvalue weighted by atomic mass is 9.32. The minimum absolute atomic E-state index is 0.0354. The minimum atomic E-state index is 0.0354. The van der Waals surface area contributed by atoms with Gasteiger partial charge in [0.25, 0.3) is 0 Å². The Labute approximate surface area is 274 Å². The molecule has 250 valence electrons. The van der Waals surface area contributed by atoms with Crippen LogP contribution in [0.4, 0.5) is 0 Å². The SMILES string of the molecule is C=C(CCC1CCCCN1C(=O)CC(C)(C)C)NC(C/C=C/C=C\C=C/C)B(C)C[C@]1(C)CCC2CC1C2(C)C.CCCC. The van der Waals surface area contributed by atoms with Gasteiger partial charge in [0.1, 0.15) is 0 Å². The Hall–Kier alpha value is -1.71. The summed E-state index contributed by atoms with van der Waals surface area (Å²) >= 11 is 0. The van der Waals surface area contributed by atoms with E-state index in [-0.39, 0.29) is 5.41 Å². The van der Waals surface area contributed by atoms with Crippen LogP contribution in [0.2, 0.25) is 13.1 Å². The van der Waals surface area contributed by atoms with E-state index < -0.39 is 0 Å². The molecule has 0 radical (unpaired) electrons. The van der Waals surface area contributed by atoms with Crippen LogP contribution in [-0.4, -0.2) is 36.0 Å². The smallest absolute Gasteiger partial charge is 0.223 e. The third-order valence-corrected chi connectivity index (χ3v) is 11.2. The molecule has 4 aliphatic rings. The number of nitrogens with one attached hydrogen (secondary N) is 1. The van der Waals surface area contributed by atoms with Gasteiger partial charge in [0.05, 0.1) is 0 Å². The van der Waals surface area contributed by atoms with Crippen LogP contribution in [0.15, 0.2) is 48.7 Å². The summed E-state index contributed by atoms with van der Waals surface area (Å²) in [6.45, 7) is 29.0. The van der Waals surface area contributed by atoms with E-state index in [2.05, 4.69) is 115 Å². The van der Waals surface area contributed by atoms with Crippen molar-refractivity contribution in [1.82, 2.24) is 10.2 Å². The van der Waals surface area contributed by atoms with Gasteiger partial charge in [-0.15, -0.1) is 0 Å². The predicted molar refractivity (Wildman–Crippen MR) is 196 cm³/mol. The number of nitrogens with zero attached hydrogens (tertiary/aromatic N) is 1. The molecule has 4 heteroatoms. The van der Waals surface area contributed by atoms with E-state index in [1.54, 1.807) is 0 Å². The first kappa shape index (κ1) is 38.5. The largest absolute Gasteiger partial charge is 0.393 e. The molecule has 1 amide bonds. The summed E-state index contributed by atoms with van der Waals surface area (Å²) in [5.74, 6) is 2.50. The molecule has 1 heterocycles. The van der Waals surface area contributed by atoms with Gasteiger partial charge in [-0.05, 0) is 92.8 Å². The zero-order valence-corrected chi connectivity index (χ0v) is 30.8. The van der Waals surface area contributed by atoms with Gasteiger partial charge >= 0.3 is 0 Å². The maximum Gasteiger partial charge on any atom is 0.223 e. The molecular weight excluding hydrogens is 535 g/mol. The number of hydrogen-bond acceptors (Lipinski definition) is 2. The highest BCUT2D eigenvalue weighted by Crippen LogP contribution is 2.67. The van der Waals surface area contributed by atoms with Crippen LogP contribution in [0.1, 0.15) is 139 Å². The number of amides is 1. The third kappa shape index (κ3) is 11.6. The number of carbonyl (C=O) groups excluding carboxylic acids is 1. The van der Waals surface area contributed by atoms with Crippen LogP contribution in [-0.2, 0) is 4.79 Å². The van der Waals surface area contributed by atoms with E-state index >= 15 is 0 Å². The van der Waals surface area contributed by atoms with Gasteiger partial charge in [0, 0.05) is 30.6 Å². The van der Waals surface area contributed by atoms with Gasteiger partial charge in [-0.2, -0.15) is 0 Å². The van der Waals surface area contributed by atoms with Crippen LogP contribution in [0.25, 0.3) is 0 Å². The molecule has 44 heavy (non-hydrogen) atoms. The van der Waals surface area contributed by atoms with Crippen LogP contribution < -0.4 is 5.32 Å². The Balaban J connectivity index is 0.00000159. The third-order valence-electron chi connectivity index (χ3n) is 11.2. The van der Waals surface area contributed by atoms with Gasteiger partial charge < -0.3 is 10.2 Å². The van der Waals surface area contributed by atoms with Gasteiger partial charge in [0.15, 0.2) is 6.71 Å². The van der Waals surface area contributed by atoms with Gasteiger partial charge in [-0.25, -0.2) is 0 Å². The normalized spacial score (nSPS) is 27.1. The molecule has 4 rings (SSSR count). The Morgan fingerprint density at radius 3 is 2.34 bits per heavy atom. The van der Waals surface area contributed by atoms with Crippen molar-refractivity contribution in [3.05, 3.63) is 48.7 Å². The molecule has 0 aromatic rings. The summed E-state index contributed by atoms with van der Waals surface area (Å²) in [6, 6.07) is 0.352. The fourth-order valence-corrected chi connectivity index (χ4v) is 8.32. The summed E-state index contributed by atoms with van der Waals surface area (Å²) in [7, 11) is 0. The molecule has 3 aliphatic carbocycles. The van der Waals surface area contributed by atoms with Crippen molar-refractivity contribution in [3.8, 4) is 0 Å². The second kappa shape index (κ2) is 17.8. The number of carbonyl (C=O) groups is 1. The summed E-state index contributed by atoms with van der Waals surface area (Å²) in [5, 5.41) is 3.91. The minimum Gasteiger partial charge on any atom is -0.393 e. The van der Waals surface area contributed by atoms with Crippen LogP contribution in [0, 0.1) is 28.1 Å². The molecule has 0 aromatic carbocycles. The first-order valence-electron chi connectivity index (χ1n) is 18.4. The average Bonchev–Trinajstić information content (AvgIpc) is 2.96. The summed E-state index contributed by atoms with van der Waals surface area (Å²) < 4.78 is 0. The van der Waals surface area contributed by atoms with Crippen molar-refractivity contribution in [1.29, 1.82) is 0 Å². The van der Waals surface area contributed by atoms with Crippen molar-refractivity contribution in [2.75, 3.05) is 6.54 Å². The molecule has 0 aromatic heterocycles. The van der Waals surface area contributed by atoms with E-state index in [1.807, 2.05) is 6.92 Å². The molecule has 1 aliphatic heterocycles. The predicted octanol–water partition coefficient (Wildman–Crippen LogP) is 11.1. The van der Waals surface area contributed by atoms with Crippen LogP contribution >= 0.6 is 0 Å². The summed E-state index contributed by atoms with van der Waals surface area (Å²) in [5.41, 5.74) is 2.12. The fraction of sp³-hybridized carbons (Fsp3) is 0.775. The highest BCUT2D eigenvalue weighted by molar-refractivity contribution is 6.59. The quantitative estimate of drug-likeness (QED) is 0.158. The molecule has 1 N–H and O–H groups in total. The maximum absolute atomic E-state index is 13.1. The van der Waals surface area contributed by atoms with E-state index in [1.165, 1.54) is 44.8 Å². The number of likely N-dealkylation sites (tertiary alicyclic amines) is 1. The number of fused-ring (bicyclic) bond motifs is 2. The second-order valence-electron chi connectivity index (χ2n) is 16.6. The molecule has 5 atom stereocenters. The standard InChI is InChI=1S/C36H61BN2O.C4H10/c1-10-11-12-13-14-15-19-32(37(9)27-36(8)23-22-29-25-31(36)35(29,6)7)38-28(2)20-21-30-18-16-17-24-39(30)33(40)26-34(3,4)5;1-3-4-2/h10-15,29-32,38H,2,16-27H2,1,3-9H3;3-4H2,1-2H3/b11-10-,13-12-,15-14+;/t29?,30?,31?,32?,36-;/m0./s1. The number of rotatable bonds is 14. The van der Waals surface area contributed by atoms with Crippen molar-refractivity contribution in [3.63, 3.8) is 0 Å². The first-order valence-corrected chi connectivity index (χ1v) is 18.4. The lowest BCUT2D eigenvalue weighted by Gasteiger charge is -2.65. The highest BCUT2D eigenvalue weighted by Gasteiger charge is 2.59. The van der Waals surface area contributed by atoms with Gasteiger partial charge in [-0.1, -0.05) is 124 Å². The maximum atomic E-state index is 13.1. The number of hydrogen-bond donors (Lipinski definition) is 1.